The zero-order chi connectivity index (χ0) is 30.3. The molecule has 43 heavy (non-hydrogen) atoms. The maximum absolute atomic E-state index is 11.4. The Labute approximate surface area is 255 Å². The molecule has 4 aromatic carbocycles. The van der Waals surface area contributed by atoms with Crippen LogP contribution in [0.15, 0.2) is 102 Å². The molecule has 5 rings (SSSR count). The Morgan fingerprint density at radius 1 is 0.837 bits per heavy atom. The van der Waals surface area contributed by atoms with E-state index in [4.69, 9.17) is 9.47 Å². The van der Waals surface area contributed by atoms with Gasteiger partial charge in [-0.15, -0.1) is 11.8 Å². The van der Waals surface area contributed by atoms with Gasteiger partial charge < -0.3 is 25.0 Å². The average molecular weight is 598 g/mol. The first-order valence-corrected chi connectivity index (χ1v) is 15.2. The van der Waals surface area contributed by atoms with Crippen LogP contribution >= 0.6 is 11.8 Å². The van der Waals surface area contributed by atoms with E-state index in [-0.39, 0.29) is 36.2 Å². The zero-order valence-corrected chi connectivity index (χ0v) is 24.9. The van der Waals surface area contributed by atoms with Gasteiger partial charge in [0.2, 0.25) is 5.91 Å². The molecule has 1 aliphatic heterocycles. The minimum absolute atomic E-state index is 0.0220. The zero-order valence-electron chi connectivity index (χ0n) is 24.1. The van der Waals surface area contributed by atoms with Crippen molar-refractivity contribution in [1.29, 1.82) is 0 Å². The Balaban J connectivity index is 1.40. The van der Waals surface area contributed by atoms with Gasteiger partial charge in [-0.05, 0) is 64.2 Å². The summed E-state index contributed by atoms with van der Waals surface area (Å²) in [6.07, 6.45) is -1.01. The number of amides is 1. The Hall–Kier alpha value is -3.95. The summed E-state index contributed by atoms with van der Waals surface area (Å²) in [6.45, 7) is 4.07. The number of rotatable bonds is 10. The second kappa shape index (κ2) is 14.0. The molecule has 8 heteroatoms. The molecular weight excluding hydrogens is 562 g/mol. The largest absolute Gasteiger partial charge is 0.478 e. The quantitative estimate of drug-likeness (QED) is 0.173. The number of carbonyl (C=O) groups is 2. The highest BCUT2D eigenvalue weighted by Gasteiger charge is 2.38. The molecule has 4 atom stereocenters. The first-order chi connectivity index (χ1) is 20.8. The fraction of sp³-hybridized carbons (Fsp3) is 0.257. The summed E-state index contributed by atoms with van der Waals surface area (Å²) in [4.78, 5) is 23.6. The van der Waals surface area contributed by atoms with Crippen molar-refractivity contribution in [2.45, 2.75) is 50.4 Å². The maximum Gasteiger partial charge on any atom is 0.335 e. The number of aliphatic hydroxyl groups excluding tert-OH is 1. The van der Waals surface area contributed by atoms with Crippen LogP contribution in [-0.2, 0) is 27.4 Å². The van der Waals surface area contributed by atoms with E-state index >= 15 is 0 Å². The fourth-order valence-corrected chi connectivity index (χ4v) is 6.20. The Morgan fingerprint density at radius 2 is 1.53 bits per heavy atom. The highest BCUT2D eigenvalue weighted by atomic mass is 32.2. The minimum Gasteiger partial charge on any atom is -0.478 e. The van der Waals surface area contributed by atoms with E-state index in [2.05, 4.69) is 24.4 Å². The van der Waals surface area contributed by atoms with E-state index < -0.39 is 12.3 Å². The molecule has 222 valence electrons. The normalized spacial score (nSPS) is 20.0. The molecule has 0 radical (unpaired) electrons. The highest BCUT2D eigenvalue weighted by Crippen LogP contribution is 2.43. The number of nitrogens with one attached hydrogen (secondary N) is 1. The number of benzene rings is 4. The van der Waals surface area contributed by atoms with Gasteiger partial charge in [-0.25, -0.2) is 4.79 Å². The van der Waals surface area contributed by atoms with Crippen molar-refractivity contribution >= 4 is 23.6 Å². The van der Waals surface area contributed by atoms with E-state index in [1.54, 1.807) is 23.9 Å². The van der Waals surface area contributed by atoms with Gasteiger partial charge >= 0.3 is 5.97 Å². The van der Waals surface area contributed by atoms with Crippen LogP contribution in [0.1, 0.15) is 58.9 Å². The van der Waals surface area contributed by atoms with E-state index in [9.17, 15) is 19.8 Å². The molecule has 0 bridgehead atoms. The van der Waals surface area contributed by atoms with Crippen molar-refractivity contribution in [3.63, 3.8) is 0 Å². The number of ether oxygens (including phenoxy) is 2. The van der Waals surface area contributed by atoms with Crippen LogP contribution < -0.4 is 5.32 Å². The van der Waals surface area contributed by atoms with Gasteiger partial charge in [-0.2, -0.15) is 0 Å². The molecule has 0 unspecified atom stereocenters. The Kier molecular flexibility index (Phi) is 9.94. The average Bonchev–Trinajstić information content (AvgIpc) is 3.03. The molecule has 1 amide bonds. The molecule has 1 heterocycles. The van der Waals surface area contributed by atoms with Crippen molar-refractivity contribution in [2.75, 3.05) is 5.75 Å². The third-order valence-corrected chi connectivity index (χ3v) is 8.70. The smallest absolute Gasteiger partial charge is 0.335 e. The molecule has 7 nitrogen and oxygen atoms in total. The lowest BCUT2D eigenvalue weighted by molar-refractivity contribution is -0.268. The monoisotopic (exact) mass is 597 g/mol. The SMILES string of the molecule is CC(=O)NCc1cccc(-c2cccc([C@@H]3O[C@H](CSc4ccc(C(=O)O)cc4)[C@H](C)[C@H](c4ccc(CO)cc4)O3)c2)c1. The van der Waals surface area contributed by atoms with Crippen molar-refractivity contribution in [1.82, 2.24) is 5.32 Å². The standard InChI is InChI=1S/C35H35NO6S/c1-22-32(21-43-31-15-13-27(14-16-31)34(39)40)41-35(42-33(22)26-11-9-24(20-37)10-12-26)30-8-4-7-29(18-30)28-6-3-5-25(17-28)19-36-23(2)38/h3-18,22,32-33,35,37H,19-21H2,1-2H3,(H,36,38)(H,39,40)/t22-,32+,33+,35+/m0/s1. The van der Waals surface area contributed by atoms with Gasteiger partial charge in [0, 0.05) is 35.6 Å². The van der Waals surface area contributed by atoms with Crippen molar-refractivity contribution in [3.8, 4) is 11.1 Å². The summed E-state index contributed by atoms with van der Waals surface area (Å²) in [5, 5.41) is 21.6. The maximum atomic E-state index is 11.4. The summed E-state index contributed by atoms with van der Waals surface area (Å²) in [7, 11) is 0. The Bertz CT molecular complexity index is 1560. The summed E-state index contributed by atoms with van der Waals surface area (Å²) in [6, 6.07) is 30.9. The highest BCUT2D eigenvalue weighted by molar-refractivity contribution is 7.99. The van der Waals surface area contributed by atoms with Gasteiger partial charge in [0.1, 0.15) is 0 Å². The minimum atomic E-state index is -0.947. The second-order valence-corrected chi connectivity index (χ2v) is 11.8. The van der Waals surface area contributed by atoms with E-state index in [1.165, 1.54) is 6.92 Å². The van der Waals surface area contributed by atoms with Crippen molar-refractivity contribution in [2.24, 2.45) is 5.92 Å². The number of carboxylic acids is 1. The number of hydrogen-bond acceptors (Lipinski definition) is 6. The number of carboxylic acid groups (broad SMARTS) is 1. The molecule has 1 saturated heterocycles. The number of hydrogen-bond donors (Lipinski definition) is 3. The summed E-state index contributed by atoms with van der Waals surface area (Å²) in [5.41, 5.74) is 6.06. The number of aliphatic hydroxyl groups is 1. The van der Waals surface area contributed by atoms with Crippen molar-refractivity contribution in [3.05, 3.63) is 125 Å². The molecule has 1 fully saturated rings. The van der Waals surface area contributed by atoms with Crippen LogP contribution in [0.4, 0.5) is 0 Å². The predicted octanol–water partition coefficient (Wildman–Crippen LogP) is 6.76. The van der Waals surface area contributed by atoms with Gasteiger partial charge in [0.05, 0.1) is 24.4 Å². The van der Waals surface area contributed by atoms with E-state index in [1.807, 2.05) is 72.8 Å². The molecule has 0 aromatic heterocycles. The second-order valence-electron chi connectivity index (χ2n) is 10.7. The first kappa shape index (κ1) is 30.5. The molecule has 0 spiro atoms. The summed E-state index contributed by atoms with van der Waals surface area (Å²) in [5.74, 6) is -0.337. The molecular formula is C35H35NO6S. The van der Waals surface area contributed by atoms with Crippen LogP contribution in [0.25, 0.3) is 11.1 Å². The van der Waals surface area contributed by atoms with E-state index in [0.717, 1.165) is 38.3 Å². The molecule has 4 aromatic rings. The molecule has 1 aliphatic rings. The fourth-order valence-electron chi connectivity index (χ4n) is 5.13. The van der Waals surface area contributed by atoms with Crippen LogP contribution in [0.2, 0.25) is 0 Å². The molecule has 0 aliphatic carbocycles. The lowest BCUT2D eigenvalue weighted by atomic mass is 9.91. The summed E-state index contributed by atoms with van der Waals surface area (Å²) >= 11 is 1.62. The third-order valence-electron chi connectivity index (χ3n) is 7.60. The lowest BCUT2D eigenvalue weighted by Gasteiger charge is -2.41. The number of carbonyl (C=O) groups excluding carboxylic acids is 1. The van der Waals surface area contributed by atoms with Crippen LogP contribution in [0.3, 0.4) is 0 Å². The Morgan fingerprint density at radius 3 is 2.21 bits per heavy atom. The van der Waals surface area contributed by atoms with Gasteiger partial charge in [0.25, 0.3) is 0 Å². The van der Waals surface area contributed by atoms with E-state index in [0.29, 0.717) is 12.3 Å². The third kappa shape index (κ3) is 7.72. The van der Waals surface area contributed by atoms with Gasteiger partial charge in [0.15, 0.2) is 6.29 Å². The van der Waals surface area contributed by atoms with Crippen LogP contribution in [-0.4, -0.2) is 33.9 Å². The first-order valence-electron chi connectivity index (χ1n) is 14.2. The van der Waals surface area contributed by atoms with Crippen LogP contribution in [0, 0.1) is 5.92 Å². The molecule has 3 N–H and O–H groups in total. The topological polar surface area (TPSA) is 105 Å². The molecule has 0 saturated carbocycles. The predicted molar refractivity (Wildman–Crippen MR) is 166 cm³/mol. The van der Waals surface area contributed by atoms with Gasteiger partial charge in [-0.1, -0.05) is 67.6 Å². The van der Waals surface area contributed by atoms with Gasteiger partial charge in [-0.3, -0.25) is 4.79 Å². The summed E-state index contributed by atoms with van der Waals surface area (Å²) < 4.78 is 13.3. The van der Waals surface area contributed by atoms with Crippen LogP contribution in [0.5, 0.6) is 0 Å². The van der Waals surface area contributed by atoms with Crippen molar-refractivity contribution < 1.29 is 29.3 Å². The number of aromatic carboxylic acids is 1. The lowest BCUT2D eigenvalue weighted by Crippen LogP contribution is -2.38. The number of thioether (sulfide) groups is 1.